The summed E-state index contributed by atoms with van der Waals surface area (Å²) < 4.78 is 27.4. The van der Waals surface area contributed by atoms with Crippen molar-refractivity contribution in [3.63, 3.8) is 0 Å². The first-order valence-electron chi connectivity index (χ1n) is 9.72. The van der Waals surface area contributed by atoms with Crippen LogP contribution >= 0.6 is 22.7 Å². The number of thiophene rings is 1. The van der Waals surface area contributed by atoms with Gasteiger partial charge in [-0.25, -0.2) is 13.4 Å². The van der Waals surface area contributed by atoms with Crippen LogP contribution in [0.2, 0.25) is 0 Å². The molecule has 1 aliphatic heterocycles. The normalized spacial score (nSPS) is 17.3. The summed E-state index contributed by atoms with van der Waals surface area (Å²) in [5, 5.41) is 5.10. The van der Waals surface area contributed by atoms with E-state index in [-0.39, 0.29) is 10.1 Å². The van der Waals surface area contributed by atoms with E-state index in [0.29, 0.717) is 24.5 Å². The molecule has 1 unspecified atom stereocenters. The minimum Gasteiger partial charge on any atom is -0.301 e. The van der Waals surface area contributed by atoms with Gasteiger partial charge in [0.25, 0.3) is 10.0 Å². The molecule has 1 atom stereocenters. The van der Waals surface area contributed by atoms with E-state index in [1.165, 1.54) is 38.1 Å². The fraction of sp³-hybridized carbons (Fsp3) is 0.333. The second-order valence-corrected chi connectivity index (χ2v) is 11.5. The molecular weight excluding hydrogens is 438 g/mol. The Morgan fingerprint density at radius 1 is 1.23 bits per heavy atom. The average Bonchev–Trinajstić information content (AvgIpc) is 3.45. The van der Waals surface area contributed by atoms with Crippen LogP contribution in [0.1, 0.15) is 34.5 Å². The van der Waals surface area contributed by atoms with Gasteiger partial charge in [0.05, 0.1) is 5.69 Å². The van der Waals surface area contributed by atoms with Gasteiger partial charge in [0.2, 0.25) is 5.91 Å². The van der Waals surface area contributed by atoms with Crippen LogP contribution in [-0.2, 0) is 21.2 Å². The van der Waals surface area contributed by atoms with Crippen LogP contribution in [0.3, 0.4) is 0 Å². The van der Waals surface area contributed by atoms with Crippen molar-refractivity contribution in [1.82, 2.24) is 9.29 Å². The largest absolute Gasteiger partial charge is 0.301 e. The van der Waals surface area contributed by atoms with Crippen LogP contribution in [0.4, 0.5) is 5.13 Å². The number of amides is 1. The third-order valence-corrected chi connectivity index (χ3v) is 9.53. The van der Waals surface area contributed by atoms with Crippen molar-refractivity contribution in [3.05, 3.63) is 63.5 Å². The molecule has 3 aromatic rings. The van der Waals surface area contributed by atoms with E-state index < -0.39 is 16.1 Å². The van der Waals surface area contributed by atoms with Crippen molar-refractivity contribution in [2.75, 3.05) is 11.9 Å². The van der Waals surface area contributed by atoms with Crippen molar-refractivity contribution in [3.8, 4) is 0 Å². The lowest BCUT2D eigenvalue weighted by molar-refractivity contribution is -0.119. The quantitative estimate of drug-likeness (QED) is 0.597. The lowest BCUT2D eigenvalue weighted by Crippen LogP contribution is -2.42. The summed E-state index contributed by atoms with van der Waals surface area (Å²) in [6.07, 6.45) is 1.93. The van der Waals surface area contributed by atoms with Crippen LogP contribution in [0.5, 0.6) is 0 Å². The predicted molar refractivity (Wildman–Crippen MR) is 121 cm³/mol. The number of nitrogens with one attached hydrogen (secondary N) is 1. The molecule has 0 spiro atoms. The number of nitrogens with zero attached hydrogens (tertiary/aromatic N) is 2. The second-order valence-electron chi connectivity index (χ2n) is 7.39. The van der Waals surface area contributed by atoms with Gasteiger partial charge in [-0.2, -0.15) is 4.31 Å². The van der Waals surface area contributed by atoms with Gasteiger partial charge in [-0.3, -0.25) is 4.79 Å². The van der Waals surface area contributed by atoms with E-state index in [9.17, 15) is 13.2 Å². The topological polar surface area (TPSA) is 79.4 Å². The summed E-state index contributed by atoms with van der Waals surface area (Å²) in [7, 11) is -3.66. The van der Waals surface area contributed by atoms with Crippen LogP contribution in [0.15, 0.2) is 46.0 Å². The Balaban J connectivity index is 1.48. The summed E-state index contributed by atoms with van der Waals surface area (Å²) in [6.45, 7) is 4.34. The minimum atomic E-state index is -3.66. The van der Waals surface area contributed by atoms with Gasteiger partial charge >= 0.3 is 0 Å². The average molecular weight is 462 g/mol. The summed E-state index contributed by atoms with van der Waals surface area (Å²) in [4.78, 5) is 18.5. The minimum absolute atomic E-state index is 0.271. The Morgan fingerprint density at radius 3 is 2.70 bits per heavy atom. The maximum absolute atomic E-state index is 12.9. The summed E-state index contributed by atoms with van der Waals surface area (Å²) in [6, 6.07) is 10.9. The summed E-state index contributed by atoms with van der Waals surface area (Å²) in [5.41, 5.74) is 3.28. The number of carbonyl (C=O) groups is 1. The highest BCUT2D eigenvalue weighted by atomic mass is 32.2. The number of thiazole rings is 1. The standard InChI is InChI=1S/C21H23N3O3S3/c1-14-7-9-16(10-8-14)13-18-15(2)22-21(29-18)23-20(25)17-5-3-11-24(17)30(26,27)19-6-4-12-28-19/h4,6-10,12,17H,3,5,11,13H2,1-2H3,(H,22,23,25). The van der Waals surface area contributed by atoms with Crippen molar-refractivity contribution in [1.29, 1.82) is 0 Å². The first-order chi connectivity index (χ1) is 14.3. The lowest BCUT2D eigenvalue weighted by Gasteiger charge is -2.22. The molecule has 6 nitrogen and oxygen atoms in total. The number of aromatic nitrogens is 1. The van der Waals surface area contributed by atoms with Crippen LogP contribution in [-0.4, -0.2) is 36.2 Å². The third kappa shape index (κ3) is 4.34. The molecule has 4 rings (SSSR count). The van der Waals surface area contributed by atoms with Crippen LogP contribution < -0.4 is 5.32 Å². The first-order valence-corrected chi connectivity index (χ1v) is 12.9. The van der Waals surface area contributed by atoms with Crippen molar-refractivity contribution in [2.45, 2.75) is 43.4 Å². The molecule has 0 bridgehead atoms. The third-order valence-electron chi connectivity index (χ3n) is 5.17. The highest BCUT2D eigenvalue weighted by Crippen LogP contribution is 2.30. The first kappa shape index (κ1) is 21.2. The zero-order chi connectivity index (χ0) is 21.3. The van der Waals surface area contributed by atoms with Crippen molar-refractivity contribution in [2.24, 2.45) is 0 Å². The Bertz CT molecular complexity index is 1140. The van der Waals surface area contributed by atoms with Gasteiger partial charge < -0.3 is 5.32 Å². The molecule has 1 saturated heterocycles. The van der Waals surface area contributed by atoms with Gasteiger partial charge in [-0.1, -0.05) is 35.9 Å². The molecule has 1 fully saturated rings. The highest BCUT2D eigenvalue weighted by molar-refractivity contribution is 7.91. The van der Waals surface area contributed by atoms with Crippen molar-refractivity contribution >= 4 is 43.7 Å². The monoisotopic (exact) mass is 461 g/mol. The van der Waals surface area contributed by atoms with Gasteiger partial charge in [0.15, 0.2) is 5.13 Å². The molecule has 1 aromatic carbocycles. The second kappa shape index (κ2) is 8.58. The molecule has 158 valence electrons. The zero-order valence-electron chi connectivity index (χ0n) is 16.8. The molecular formula is C21H23N3O3S3. The number of hydrogen-bond donors (Lipinski definition) is 1. The number of rotatable bonds is 6. The molecule has 3 heterocycles. The molecule has 1 aliphatic rings. The van der Waals surface area contributed by atoms with E-state index in [1.54, 1.807) is 17.5 Å². The molecule has 1 amide bonds. The Hall–Kier alpha value is -2.07. The molecule has 9 heteroatoms. The van der Waals surface area contributed by atoms with E-state index in [2.05, 4.69) is 41.5 Å². The fourth-order valence-electron chi connectivity index (χ4n) is 3.54. The fourth-order valence-corrected chi connectivity index (χ4v) is 7.32. The molecule has 0 radical (unpaired) electrons. The smallest absolute Gasteiger partial charge is 0.253 e. The zero-order valence-corrected chi connectivity index (χ0v) is 19.2. The van der Waals surface area contributed by atoms with Crippen LogP contribution in [0, 0.1) is 13.8 Å². The van der Waals surface area contributed by atoms with E-state index in [1.807, 2.05) is 6.92 Å². The summed E-state index contributed by atoms with van der Waals surface area (Å²) in [5.74, 6) is -0.316. The molecule has 30 heavy (non-hydrogen) atoms. The van der Waals surface area contributed by atoms with E-state index in [0.717, 1.165) is 17.0 Å². The predicted octanol–water partition coefficient (Wildman–Crippen LogP) is 4.20. The van der Waals surface area contributed by atoms with Gasteiger partial charge in [-0.05, 0) is 43.7 Å². The molecule has 1 N–H and O–H groups in total. The van der Waals surface area contributed by atoms with Crippen LogP contribution in [0.25, 0.3) is 0 Å². The molecule has 2 aromatic heterocycles. The maximum Gasteiger partial charge on any atom is 0.253 e. The number of sulfonamides is 1. The van der Waals surface area contributed by atoms with Gasteiger partial charge in [-0.15, -0.1) is 22.7 Å². The summed E-state index contributed by atoms with van der Waals surface area (Å²) >= 11 is 2.61. The van der Waals surface area contributed by atoms with E-state index >= 15 is 0 Å². The SMILES string of the molecule is Cc1ccc(Cc2sc(NC(=O)C3CCCN3S(=O)(=O)c3cccs3)nc2C)cc1. The number of hydrogen-bond acceptors (Lipinski definition) is 6. The molecule has 0 aliphatic carbocycles. The number of anilines is 1. The lowest BCUT2D eigenvalue weighted by atomic mass is 10.1. The van der Waals surface area contributed by atoms with Gasteiger partial charge in [0.1, 0.15) is 10.3 Å². The van der Waals surface area contributed by atoms with E-state index in [4.69, 9.17) is 0 Å². The maximum atomic E-state index is 12.9. The highest BCUT2D eigenvalue weighted by Gasteiger charge is 2.40. The Labute approximate surface area is 184 Å². The van der Waals surface area contributed by atoms with Crippen molar-refractivity contribution < 1.29 is 13.2 Å². The Kier molecular flexibility index (Phi) is 6.06. The Morgan fingerprint density at radius 2 is 2.00 bits per heavy atom. The number of benzene rings is 1. The van der Waals surface area contributed by atoms with Gasteiger partial charge in [0, 0.05) is 17.8 Å². The number of aryl methyl sites for hydroxylation is 2. The number of carbonyl (C=O) groups excluding carboxylic acids is 1. The molecule has 0 saturated carbocycles.